The van der Waals surface area contributed by atoms with Crippen molar-refractivity contribution in [3.05, 3.63) is 47.6 Å². The van der Waals surface area contributed by atoms with Gasteiger partial charge in [0.25, 0.3) is 0 Å². The van der Waals surface area contributed by atoms with Crippen LogP contribution in [-0.4, -0.2) is 38.7 Å². The number of halogens is 1. The zero-order valence-electron chi connectivity index (χ0n) is 13.1. The third-order valence-corrected chi connectivity index (χ3v) is 4.65. The van der Waals surface area contributed by atoms with E-state index in [1.807, 2.05) is 23.1 Å². The molecule has 124 valence electrons. The maximum absolute atomic E-state index is 12.3. The summed E-state index contributed by atoms with van der Waals surface area (Å²) >= 11 is 5.99. The molecule has 0 N–H and O–H groups in total. The van der Waals surface area contributed by atoms with Crippen molar-refractivity contribution >= 4 is 28.6 Å². The highest BCUT2D eigenvalue weighted by atomic mass is 35.5. The summed E-state index contributed by atoms with van der Waals surface area (Å²) in [5.41, 5.74) is 1.54. The second-order valence-electron chi connectivity index (χ2n) is 6.02. The highest BCUT2D eigenvalue weighted by Gasteiger charge is 2.27. The lowest BCUT2D eigenvalue weighted by Gasteiger charge is -2.30. The number of piperidine rings is 1. The van der Waals surface area contributed by atoms with E-state index in [2.05, 4.69) is 10.1 Å². The summed E-state index contributed by atoms with van der Waals surface area (Å²) in [4.78, 5) is 18.7. The quantitative estimate of drug-likeness (QED) is 0.732. The van der Waals surface area contributed by atoms with E-state index in [1.54, 1.807) is 23.1 Å². The summed E-state index contributed by atoms with van der Waals surface area (Å²) in [6, 6.07) is 7.28. The van der Waals surface area contributed by atoms with Gasteiger partial charge in [0.05, 0.1) is 0 Å². The minimum Gasteiger partial charge on any atom is -0.440 e. The molecule has 7 heteroatoms. The summed E-state index contributed by atoms with van der Waals surface area (Å²) < 4.78 is 7.51. The lowest BCUT2D eigenvalue weighted by Crippen LogP contribution is -2.39. The predicted molar refractivity (Wildman–Crippen MR) is 89.8 cm³/mol. The number of likely N-dealkylation sites (tertiary alicyclic amines) is 1. The van der Waals surface area contributed by atoms with Crippen molar-refractivity contribution in [2.45, 2.75) is 25.3 Å². The first-order chi connectivity index (χ1) is 11.7. The molecule has 0 saturated carbocycles. The van der Waals surface area contributed by atoms with E-state index in [4.69, 9.17) is 16.0 Å². The molecule has 3 heterocycles. The van der Waals surface area contributed by atoms with Gasteiger partial charge in [0.15, 0.2) is 11.5 Å². The topological polar surface area (TPSA) is 64.2 Å². The van der Waals surface area contributed by atoms with Crippen LogP contribution in [0.5, 0.6) is 0 Å². The van der Waals surface area contributed by atoms with Gasteiger partial charge in [-0.15, -0.1) is 0 Å². The van der Waals surface area contributed by atoms with E-state index in [9.17, 15) is 4.79 Å². The van der Waals surface area contributed by atoms with Gasteiger partial charge < -0.3 is 9.32 Å². The highest BCUT2D eigenvalue weighted by molar-refractivity contribution is 6.31. The smallest absolute Gasteiger partial charge is 0.244 e. The molecule has 3 aromatic rings. The number of hydrogen-bond acceptors (Lipinski definition) is 4. The van der Waals surface area contributed by atoms with E-state index < -0.39 is 0 Å². The molecule has 24 heavy (non-hydrogen) atoms. The Morgan fingerprint density at radius 1 is 1.33 bits per heavy atom. The number of hydrogen-bond donors (Lipinski definition) is 0. The molecule has 0 unspecified atom stereocenters. The summed E-state index contributed by atoms with van der Waals surface area (Å²) in [6.45, 7) is 1.72. The van der Waals surface area contributed by atoms with Crippen LogP contribution in [0.4, 0.5) is 0 Å². The van der Waals surface area contributed by atoms with Gasteiger partial charge in [-0.25, -0.2) is 4.98 Å². The lowest BCUT2D eigenvalue weighted by atomic mass is 9.97. The van der Waals surface area contributed by atoms with Crippen LogP contribution >= 0.6 is 11.6 Å². The first kappa shape index (κ1) is 15.2. The SMILES string of the molecule is O=C(Cn1cccn1)N1CCC(c2nc3cc(Cl)ccc3o2)CC1. The zero-order valence-corrected chi connectivity index (χ0v) is 13.8. The van der Waals surface area contributed by atoms with Crippen LogP contribution in [0.25, 0.3) is 11.1 Å². The molecule has 1 aliphatic heterocycles. The van der Waals surface area contributed by atoms with Crippen LogP contribution in [0.2, 0.25) is 5.02 Å². The number of amides is 1. The molecule has 1 aromatic carbocycles. The number of nitrogens with zero attached hydrogens (tertiary/aromatic N) is 4. The fraction of sp³-hybridized carbons (Fsp3) is 0.353. The Bertz CT molecular complexity index is 851. The van der Waals surface area contributed by atoms with Gasteiger partial charge in [0.2, 0.25) is 5.91 Å². The third-order valence-electron chi connectivity index (χ3n) is 4.42. The molecule has 1 fully saturated rings. The molecule has 4 rings (SSSR count). The van der Waals surface area contributed by atoms with E-state index in [0.29, 0.717) is 24.7 Å². The maximum atomic E-state index is 12.3. The number of carbonyl (C=O) groups is 1. The van der Waals surface area contributed by atoms with Crippen LogP contribution in [-0.2, 0) is 11.3 Å². The summed E-state index contributed by atoms with van der Waals surface area (Å²) in [7, 11) is 0. The Morgan fingerprint density at radius 2 is 2.17 bits per heavy atom. The molecule has 6 nitrogen and oxygen atoms in total. The molecule has 0 spiro atoms. The van der Waals surface area contributed by atoms with Crippen molar-refractivity contribution < 1.29 is 9.21 Å². The summed E-state index contributed by atoms with van der Waals surface area (Å²) in [5, 5.41) is 4.73. The highest BCUT2D eigenvalue weighted by Crippen LogP contribution is 2.30. The summed E-state index contributed by atoms with van der Waals surface area (Å²) in [6.07, 6.45) is 5.18. The van der Waals surface area contributed by atoms with Crippen molar-refractivity contribution in [1.82, 2.24) is 19.7 Å². The fourth-order valence-electron chi connectivity index (χ4n) is 3.10. The molecule has 0 radical (unpaired) electrons. The van der Waals surface area contributed by atoms with Gasteiger partial charge in [-0.05, 0) is 37.1 Å². The number of benzene rings is 1. The van der Waals surface area contributed by atoms with Gasteiger partial charge in [-0.1, -0.05) is 11.6 Å². The number of fused-ring (bicyclic) bond motifs is 1. The van der Waals surface area contributed by atoms with Gasteiger partial charge in [-0.2, -0.15) is 5.10 Å². The Morgan fingerprint density at radius 3 is 2.92 bits per heavy atom. The zero-order chi connectivity index (χ0) is 16.5. The van der Waals surface area contributed by atoms with Crippen molar-refractivity contribution in [2.24, 2.45) is 0 Å². The van der Waals surface area contributed by atoms with Crippen LogP contribution < -0.4 is 0 Å². The van der Waals surface area contributed by atoms with E-state index in [-0.39, 0.29) is 11.8 Å². The van der Waals surface area contributed by atoms with Gasteiger partial charge >= 0.3 is 0 Å². The molecule has 0 atom stereocenters. The Labute approximate surface area is 144 Å². The van der Waals surface area contributed by atoms with Crippen molar-refractivity contribution in [2.75, 3.05) is 13.1 Å². The monoisotopic (exact) mass is 344 g/mol. The molecule has 0 bridgehead atoms. The molecule has 2 aromatic heterocycles. The van der Waals surface area contributed by atoms with E-state index >= 15 is 0 Å². The van der Waals surface area contributed by atoms with Crippen molar-refractivity contribution in [3.8, 4) is 0 Å². The van der Waals surface area contributed by atoms with Crippen LogP contribution in [0, 0.1) is 0 Å². The van der Waals surface area contributed by atoms with E-state index in [0.717, 1.165) is 29.8 Å². The van der Waals surface area contributed by atoms with Crippen molar-refractivity contribution in [3.63, 3.8) is 0 Å². The molecule has 1 amide bonds. The lowest BCUT2D eigenvalue weighted by molar-refractivity contribution is -0.133. The molecule has 1 aliphatic rings. The average Bonchev–Trinajstić information content (AvgIpc) is 3.24. The summed E-state index contributed by atoms with van der Waals surface area (Å²) in [5.74, 6) is 1.08. The number of carbonyl (C=O) groups excluding carboxylic acids is 1. The standard InChI is InChI=1S/C17H17ClN4O2/c18-13-2-3-15-14(10-13)20-17(24-15)12-4-8-21(9-5-12)16(23)11-22-7-1-6-19-22/h1-3,6-7,10,12H,4-5,8-9,11H2. The Hall–Kier alpha value is -2.34. The maximum Gasteiger partial charge on any atom is 0.244 e. The largest absolute Gasteiger partial charge is 0.440 e. The van der Waals surface area contributed by atoms with Gasteiger partial charge in [-0.3, -0.25) is 9.48 Å². The second-order valence-corrected chi connectivity index (χ2v) is 6.46. The first-order valence-corrected chi connectivity index (χ1v) is 8.38. The Balaban J connectivity index is 1.40. The van der Waals surface area contributed by atoms with Crippen LogP contribution in [0.3, 0.4) is 0 Å². The molecular formula is C17H17ClN4O2. The molecular weight excluding hydrogens is 328 g/mol. The van der Waals surface area contributed by atoms with E-state index in [1.165, 1.54) is 0 Å². The minimum atomic E-state index is 0.0986. The Kier molecular flexibility index (Phi) is 3.98. The fourth-order valence-corrected chi connectivity index (χ4v) is 3.27. The number of oxazole rings is 1. The second kappa shape index (κ2) is 6.28. The minimum absolute atomic E-state index is 0.0986. The third kappa shape index (κ3) is 3.01. The van der Waals surface area contributed by atoms with Gasteiger partial charge in [0.1, 0.15) is 12.1 Å². The number of rotatable bonds is 3. The normalized spacial score (nSPS) is 16.0. The van der Waals surface area contributed by atoms with Crippen LogP contribution in [0.1, 0.15) is 24.7 Å². The average molecular weight is 345 g/mol. The number of aromatic nitrogens is 3. The van der Waals surface area contributed by atoms with Crippen molar-refractivity contribution in [1.29, 1.82) is 0 Å². The molecule has 1 saturated heterocycles. The molecule has 0 aliphatic carbocycles. The van der Waals surface area contributed by atoms with Crippen LogP contribution in [0.15, 0.2) is 41.1 Å². The predicted octanol–water partition coefficient (Wildman–Crippen LogP) is 3.08. The first-order valence-electron chi connectivity index (χ1n) is 8.00. The van der Waals surface area contributed by atoms with Gasteiger partial charge in [0, 0.05) is 36.4 Å².